The molecular formula is C14H15BrINO4. The second kappa shape index (κ2) is 7.55. The third-order valence-electron chi connectivity index (χ3n) is 3.21. The van der Waals surface area contributed by atoms with Crippen LogP contribution in [0.25, 0.3) is 0 Å². The van der Waals surface area contributed by atoms with Crippen molar-refractivity contribution < 1.29 is 19.1 Å². The van der Waals surface area contributed by atoms with Crippen LogP contribution in [0.3, 0.4) is 0 Å². The average Bonchev–Trinajstić information content (AvgIpc) is 2.49. The Labute approximate surface area is 145 Å². The van der Waals surface area contributed by atoms with Crippen molar-refractivity contribution in [3.05, 3.63) is 31.8 Å². The predicted octanol–water partition coefficient (Wildman–Crippen LogP) is 2.46. The van der Waals surface area contributed by atoms with Gasteiger partial charge in [-0.25, -0.2) is 0 Å². The fourth-order valence-corrected chi connectivity index (χ4v) is 3.06. The summed E-state index contributed by atoms with van der Waals surface area (Å²) < 4.78 is 11.9. The summed E-state index contributed by atoms with van der Waals surface area (Å²) in [6.45, 7) is 1.35. The number of morpholine rings is 1. The molecule has 7 heteroatoms. The molecule has 1 aromatic carbocycles. The fraction of sp³-hybridized carbons (Fsp3) is 0.429. The first-order valence-electron chi connectivity index (χ1n) is 6.44. The topological polar surface area (TPSA) is 55.8 Å². The lowest BCUT2D eigenvalue weighted by molar-refractivity contribution is -0.145. The molecule has 0 saturated carbocycles. The van der Waals surface area contributed by atoms with Crippen molar-refractivity contribution in [1.82, 2.24) is 4.90 Å². The highest BCUT2D eigenvalue weighted by Gasteiger charge is 2.27. The molecule has 1 fully saturated rings. The van der Waals surface area contributed by atoms with Gasteiger partial charge in [0.2, 0.25) is 0 Å². The van der Waals surface area contributed by atoms with Gasteiger partial charge in [-0.15, -0.1) is 0 Å². The van der Waals surface area contributed by atoms with Crippen molar-refractivity contribution in [2.45, 2.75) is 12.5 Å². The molecular weight excluding hydrogens is 453 g/mol. The van der Waals surface area contributed by atoms with Crippen LogP contribution in [0.15, 0.2) is 22.7 Å². The highest BCUT2D eigenvalue weighted by molar-refractivity contribution is 14.1. The molecule has 0 bridgehead atoms. The number of nitrogens with zero attached hydrogens (tertiary/aromatic N) is 1. The van der Waals surface area contributed by atoms with E-state index in [0.29, 0.717) is 25.3 Å². The zero-order valence-corrected chi connectivity index (χ0v) is 15.2. The van der Waals surface area contributed by atoms with Gasteiger partial charge in [-0.3, -0.25) is 9.59 Å². The molecule has 1 aliphatic rings. The van der Waals surface area contributed by atoms with E-state index in [9.17, 15) is 9.59 Å². The number of halogens is 2. The van der Waals surface area contributed by atoms with Crippen molar-refractivity contribution in [1.29, 1.82) is 0 Å². The molecule has 2 rings (SSSR count). The van der Waals surface area contributed by atoms with Crippen molar-refractivity contribution >= 4 is 50.4 Å². The van der Waals surface area contributed by atoms with Crippen molar-refractivity contribution in [2.24, 2.45) is 0 Å². The second-order valence-electron chi connectivity index (χ2n) is 4.65. The van der Waals surface area contributed by atoms with Crippen LogP contribution in [-0.4, -0.2) is 49.7 Å². The minimum absolute atomic E-state index is 0.0427. The monoisotopic (exact) mass is 467 g/mol. The average molecular weight is 468 g/mol. The number of rotatable bonds is 3. The van der Waals surface area contributed by atoms with Gasteiger partial charge in [-0.05, 0) is 40.8 Å². The third-order valence-corrected chi connectivity index (χ3v) is 4.64. The number of methoxy groups -OCH3 is 1. The van der Waals surface area contributed by atoms with E-state index in [1.807, 2.05) is 18.2 Å². The molecule has 1 atom stereocenters. The molecule has 114 valence electrons. The molecule has 1 amide bonds. The number of amides is 1. The Bertz CT molecular complexity index is 552. The van der Waals surface area contributed by atoms with Gasteiger partial charge in [0.25, 0.3) is 5.91 Å². The largest absolute Gasteiger partial charge is 0.469 e. The van der Waals surface area contributed by atoms with Crippen LogP contribution < -0.4 is 0 Å². The molecule has 1 unspecified atom stereocenters. The molecule has 5 nitrogen and oxygen atoms in total. The normalized spacial score (nSPS) is 18.4. The molecule has 0 N–H and O–H groups in total. The maximum absolute atomic E-state index is 12.6. The summed E-state index contributed by atoms with van der Waals surface area (Å²) >= 11 is 5.53. The number of ether oxygens (including phenoxy) is 2. The lowest BCUT2D eigenvalue weighted by atomic mass is 10.1. The van der Waals surface area contributed by atoms with Crippen molar-refractivity contribution in [3.8, 4) is 0 Å². The molecule has 0 spiro atoms. The van der Waals surface area contributed by atoms with Crippen LogP contribution in [-0.2, 0) is 14.3 Å². The summed E-state index contributed by atoms with van der Waals surface area (Å²) in [5.74, 6) is -0.370. The summed E-state index contributed by atoms with van der Waals surface area (Å²) in [6, 6.07) is 5.61. The Kier molecular flexibility index (Phi) is 6.00. The Balaban J connectivity index is 2.08. The number of esters is 1. The molecule has 1 aromatic rings. The number of carbonyl (C=O) groups is 2. The maximum atomic E-state index is 12.6. The molecule has 21 heavy (non-hydrogen) atoms. The van der Waals surface area contributed by atoms with E-state index in [2.05, 4.69) is 43.3 Å². The molecule has 1 heterocycles. The molecule has 0 aromatic heterocycles. The number of carbonyl (C=O) groups excluding carboxylic acids is 2. The first-order valence-corrected chi connectivity index (χ1v) is 8.31. The summed E-state index contributed by atoms with van der Waals surface area (Å²) in [7, 11) is 1.35. The Morgan fingerprint density at radius 2 is 2.29 bits per heavy atom. The van der Waals surface area contributed by atoms with Gasteiger partial charge < -0.3 is 14.4 Å². The lowest BCUT2D eigenvalue weighted by Crippen LogP contribution is -2.46. The first kappa shape index (κ1) is 16.7. The summed E-state index contributed by atoms with van der Waals surface area (Å²) in [4.78, 5) is 25.6. The quantitative estimate of drug-likeness (QED) is 0.506. The number of hydrogen-bond acceptors (Lipinski definition) is 4. The van der Waals surface area contributed by atoms with E-state index in [4.69, 9.17) is 4.74 Å². The number of hydrogen-bond donors (Lipinski definition) is 0. The SMILES string of the molecule is COC(=O)CC1CN(C(=O)c2cc(Br)ccc2I)CCO1. The first-order chi connectivity index (χ1) is 10.0. The smallest absolute Gasteiger partial charge is 0.308 e. The zero-order valence-electron chi connectivity index (χ0n) is 11.5. The van der Waals surface area contributed by atoms with Gasteiger partial charge in [0.05, 0.1) is 31.8 Å². The minimum atomic E-state index is -0.327. The summed E-state index contributed by atoms with van der Waals surface area (Å²) in [5.41, 5.74) is 0.656. The van der Waals surface area contributed by atoms with Gasteiger partial charge in [-0.1, -0.05) is 15.9 Å². The summed E-state index contributed by atoms with van der Waals surface area (Å²) in [6.07, 6.45) is -0.143. The second-order valence-corrected chi connectivity index (χ2v) is 6.73. The van der Waals surface area contributed by atoms with E-state index in [1.165, 1.54) is 7.11 Å². The molecule has 1 saturated heterocycles. The molecule has 0 aliphatic carbocycles. The van der Waals surface area contributed by atoms with E-state index >= 15 is 0 Å². The van der Waals surface area contributed by atoms with Crippen LogP contribution in [0.1, 0.15) is 16.8 Å². The Hall–Kier alpha value is -0.670. The van der Waals surface area contributed by atoms with E-state index < -0.39 is 0 Å². The van der Waals surface area contributed by atoms with Gasteiger partial charge in [-0.2, -0.15) is 0 Å². The van der Waals surface area contributed by atoms with E-state index in [1.54, 1.807) is 4.90 Å². The maximum Gasteiger partial charge on any atom is 0.308 e. The van der Waals surface area contributed by atoms with Crippen molar-refractivity contribution in [2.75, 3.05) is 26.8 Å². The van der Waals surface area contributed by atoms with Crippen LogP contribution in [0.5, 0.6) is 0 Å². The van der Waals surface area contributed by atoms with Crippen LogP contribution in [0.2, 0.25) is 0 Å². The van der Waals surface area contributed by atoms with Gasteiger partial charge in [0.1, 0.15) is 0 Å². The van der Waals surface area contributed by atoms with Crippen LogP contribution >= 0.6 is 38.5 Å². The van der Waals surface area contributed by atoms with E-state index in [0.717, 1.165) is 8.04 Å². The highest BCUT2D eigenvalue weighted by Crippen LogP contribution is 2.21. The minimum Gasteiger partial charge on any atom is -0.469 e. The number of benzene rings is 1. The fourth-order valence-electron chi connectivity index (χ4n) is 2.13. The standard InChI is InChI=1S/C14H15BrINO4/c1-20-13(18)7-10-8-17(4-5-21-10)14(19)11-6-9(15)2-3-12(11)16/h2-3,6,10H,4-5,7-8H2,1H3. The summed E-state index contributed by atoms with van der Waals surface area (Å²) in [5, 5.41) is 0. The van der Waals surface area contributed by atoms with Gasteiger partial charge in [0.15, 0.2) is 0 Å². The van der Waals surface area contributed by atoms with Gasteiger partial charge in [0, 0.05) is 21.1 Å². The molecule has 0 radical (unpaired) electrons. The molecule has 1 aliphatic heterocycles. The Morgan fingerprint density at radius 3 is 3.00 bits per heavy atom. The lowest BCUT2D eigenvalue weighted by Gasteiger charge is -2.32. The zero-order chi connectivity index (χ0) is 15.4. The predicted molar refractivity (Wildman–Crippen MR) is 89.1 cm³/mol. The Morgan fingerprint density at radius 1 is 1.52 bits per heavy atom. The highest BCUT2D eigenvalue weighted by atomic mass is 127. The van der Waals surface area contributed by atoms with Crippen molar-refractivity contribution in [3.63, 3.8) is 0 Å². The van der Waals surface area contributed by atoms with E-state index in [-0.39, 0.29) is 24.4 Å². The van der Waals surface area contributed by atoms with Gasteiger partial charge >= 0.3 is 5.97 Å². The van der Waals surface area contributed by atoms with Crippen LogP contribution in [0.4, 0.5) is 0 Å². The van der Waals surface area contributed by atoms with Crippen LogP contribution in [0, 0.1) is 3.57 Å². The third kappa shape index (κ3) is 4.40.